The number of aromatic nitrogens is 2. The standard InChI is InChI=1S/C21H20ClN3O2/c1-3-14-5-7-15(8-6-14)21-23-20(24-27-21)16-10-19(26)25(12-16)17-9-4-13(2)18(22)11-17/h4-9,11,16H,3,10,12H2,1-2H3. The van der Waals surface area contributed by atoms with Crippen molar-refractivity contribution in [2.24, 2.45) is 0 Å². The maximum atomic E-state index is 12.5. The maximum Gasteiger partial charge on any atom is 0.257 e. The molecule has 1 unspecified atom stereocenters. The zero-order valence-corrected chi connectivity index (χ0v) is 16.0. The van der Waals surface area contributed by atoms with Crippen molar-refractivity contribution >= 4 is 23.2 Å². The first-order valence-electron chi connectivity index (χ1n) is 9.04. The molecule has 5 nitrogen and oxygen atoms in total. The Morgan fingerprint density at radius 3 is 2.70 bits per heavy atom. The Hall–Kier alpha value is -2.66. The van der Waals surface area contributed by atoms with Crippen molar-refractivity contribution in [3.05, 3.63) is 64.4 Å². The number of anilines is 1. The van der Waals surface area contributed by atoms with E-state index >= 15 is 0 Å². The molecule has 1 atom stereocenters. The van der Waals surface area contributed by atoms with E-state index in [9.17, 15) is 4.79 Å². The van der Waals surface area contributed by atoms with E-state index in [0.717, 1.165) is 23.2 Å². The topological polar surface area (TPSA) is 59.2 Å². The Morgan fingerprint density at radius 2 is 2.00 bits per heavy atom. The van der Waals surface area contributed by atoms with Crippen LogP contribution in [0.1, 0.15) is 36.2 Å². The van der Waals surface area contributed by atoms with Crippen molar-refractivity contribution < 1.29 is 9.32 Å². The molecule has 2 heterocycles. The Bertz CT molecular complexity index is 981. The third-order valence-corrected chi connectivity index (χ3v) is 5.42. The molecule has 138 valence electrons. The maximum absolute atomic E-state index is 12.5. The van der Waals surface area contributed by atoms with Gasteiger partial charge in [-0.3, -0.25) is 4.79 Å². The summed E-state index contributed by atoms with van der Waals surface area (Å²) in [6.45, 7) is 4.57. The number of halogens is 1. The molecule has 0 N–H and O–H groups in total. The second kappa shape index (κ2) is 7.16. The van der Waals surface area contributed by atoms with Crippen LogP contribution < -0.4 is 4.90 Å². The molecule has 0 radical (unpaired) electrons. The minimum Gasteiger partial charge on any atom is -0.334 e. The molecular weight excluding hydrogens is 362 g/mol. The molecule has 0 spiro atoms. The Labute approximate surface area is 163 Å². The lowest BCUT2D eigenvalue weighted by molar-refractivity contribution is -0.117. The van der Waals surface area contributed by atoms with E-state index in [1.807, 2.05) is 37.3 Å². The molecule has 0 bridgehead atoms. The third-order valence-electron chi connectivity index (χ3n) is 5.01. The quantitative estimate of drug-likeness (QED) is 0.652. The molecule has 4 rings (SSSR count). The molecule has 1 aliphatic heterocycles. The zero-order valence-electron chi connectivity index (χ0n) is 15.3. The van der Waals surface area contributed by atoms with Crippen LogP contribution in [-0.4, -0.2) is 22.6 Å². The number of carbonyl (C=O) groups excluding carboxylic acids is 1. The second-order valence-corrected chi connectivity index (χ2v) is 7.25. The first-order valence-corrected chi connectivity index (χ1v) is 9.42. The van der Waals surface area contributed by atoms with Gasteiger partial charge >= 0.3 is 0 Å². The Morgan fingerprint density at radius 1 is 1.22 bits per heavy atom. The fourth-order valence-corrected chi connectivity index (χ4v) is 3.46. The van der Waals surface area contributed by atoms with Gasteiger partial charge < -0.3 is 9.42 Å². The van der Waals surface area contributed by atoms with E-state index < -0.39 is 0 Å². The van der Waals surface area contributed by atoms with Gasteiger partial charge in [0, 0.05) is 35.2 Å². The summed E-state index contributed by atoms with van der Waals surface area (Å²) in [6, 6.07) is 13.7. The molecule has 1 saturated heterocycles. The van der Waals surface area contributed by atoms with Crippen molar-refractivity contribution in [2.75, 3.05) is 11.4 Å². The van der Waals surface area contributed by atoms with Crippen LogP contribution in [0.3, 0.4) is 0 Å². The summed E-state index contributed by atoms with van der Waals surface area (Å²) in [5.41, 5.74) is 3.93. The van der Waals surface area contributed by atoms with Crippen LogP contribution in [0, 0.1) is 6.92 Å². The minimum absolute atomic E-state index is 0.0403. The van der Waals surface area contributed by atoms with Crippen molar-refractivity contribution in [1.29, 1.82) is 0 Å². The number of hydrogen-bond donors (Lipinski definition) is 0. The van der Waals surface area contributed by atoms with Crippen LogP contribution in [0.2, 0.25) is 5.02 Å². The van der Waals surface area contributed by atoms with Crippen LogP contribution in [0.15, 0.2) is 47.0 Å². The van der Waals surface area contributed by atoms with Gasteiger partial charge in [0.2, 0.25) is 5.91 Å². The van der Waals surface area contributed by atoms with Gasteiger partial charge in [-0.2, -0.15) is 4.98 Å². The average molecular weight is 382 g/mol. The molecule has 0 aliphatic carbocycles. The molecular formula is C21H20ClN3O2. The lowest BCUT2D eigenvalue weighted by Crippen LogP contribution is -2.24. The van der Waals surface area contributed by atoms with Gasteiger partial charge in [0.05, 0.1) is 0 Å². The van der Waals surface area contributed by atoms with E-state index in [0.29, 0.717) is 29.7 Å². The summed E-state index contributed by atoms with van der Waals surface area (Å²) in [5.74, 6) is 0.999. The van der Waals surface area contributed by atoms with Crippen LogP contribution in [0.25, 0.3) is 11.5 Å². The number of rotatable bonds is 4. The molecule has 3 aromatic rings. The summed E-state index contributed by atoms with van der Waals surface area (Å²) in [4.78, 5) is 18.8. The van der Waals surface area contributed by atoms with E-state index in [4.69, 9.17) is 16.1 Å². The van der Waals surface area contributed by atoms with Crippen molar-refractivity contribution in [1.82, 2.24) is 10.1 Å². The minimum atomic E-state index is -0.0926. The van der Waals surface area contributed by atoms with Gasteiger partial charge in [-0.25, -0.2) is 0 Å². The monoisotopic (exact) mass is 381 g/mol. The Balaban J connectivity index is 1.53. The van der Waals surface area contributed by atoms with Crippen LogP contribution >= 0.6 is 11.6 Å². The van der Waals surface area contributed by atoms with E-state index in [1.54, 1.807) is 4.90 Å². The lowest BCUT2D eigenvalue weighted by atomic mass is 10.1. The smallest absolute Gasteiger partial charge is 0.257 e. The van der Waals surface area contributed by atoms with Crippen molar-refractivity contribution in [3.63, 3.8) is 0 Å². The fourth-order valence-electron chi connectivity index (χ4n) is 3.28. The number of amides is 1. The van der Waals surface area contributed by atoms with E-state index in [1.165, 1.54) is 5.56 Å². The number of nitrogens with zero attached hydrogens (tertiary/aromatic N) is 3. The Kier molecular flexibility index (Phi) is 4.70. The first kappa shape index (κ1) is 17.7. The predicted octanol–water partition coefficient (Wildman–Crippen LogP) is 4.78. The molecule has 27 heavy (non-hydrogen) atoms. The number of aryl methyl sites for hydroxylation is 2. The predicted molar refractivity (Wildman–Crippen MR) is 105 cm³/mol. The number of benzene rings is 2. The normalized spacial score (nSPS) is 16.9. The summed E-state index contributed by atoms with van der Waals surface area (Å²) in [7, 11) is 0. The average Bonchev–Trinajstić information content (AvgIpc) is 3.31. The largest absolute Gasteiger partial charge is 0.334 e. The van der Waals surface area contributed by atoms with Gasteiger partial charge in [0.1, 0.15) is 0 Å². The van der Waals surface area contributed by atoms with E-state index in [2.05, 4.69) is 29.2 Å². The van der Waals surface area contributed by atoms with Gasteiger partial charge in [-0.05, 0) is 48.7 Å². The highest BCUT2D eigenvalue weighted by Crippen LogP contribution is 2.33. The van der Waals surface area contributed by atoms with Gasteiger partial charge in [0.25, 0.3) is 5.89 Å². The number of hydrogen-bond acceptors (Lipinski definition) is 4. The molecule has 6 heteroatoms. The van der Waals surface area contributed by atoms with E-state index in [-0.39, 0.29) is 11.8 Å². The SMILES string of the molecule is CCc1ccc(-c2nc(C3CC(=O)N(c4ccc(C)c(Cl)c4)C3)no2)cc1. The van der Waals surface area contributed by atoms with Crippen LogP contribution in [0.5, 0.6) is 0 Å². The summed E-state index contributed by atoms with van der Waals surface area (Å²) in [5, 5.41) is 4.77. The lowest BCUT2D eigenvalue weighted by Gasteiger charge is -2.17. The molecule has 1 fully saturated rings. The van der Waals surface area contributed by atoms with Gasteiger partial charge in [-0.15, -0.1) is 0 Å². The second-order valence-electron chi connectivity index (χ2n) is 6.85. The summed E-state index contributed by atoms with van der Waals surface area (Å²) >= 11 is 6.21. The third kappa shape index (κ3) is 3.47. The summed E-state index contributed by atoms with van der Waals surface area (Å²) < 4.78 is 5.44. The van der Waals surface area contributed by atoms with Crippen molar-refractivity contribution in [2.45, 2.75) is 32.6 Å². The van der Waals surface area contributed by atoms with Gasteiger partial charge in [0.15, 0.2) is 5.82 Å². The molecule has 1 aromatic heterocycles. The highest BCUT2D eigenvalue weighted by atomic mass is 35.5. The first-order chi connectivity index (χ1) is 13.0. The highest BCUT2D eigenvalue weighted by Gasteiger charge is 2.34. The van der Waals surface area contributed by atoms with Crippen molar-refractivity contribution in [3.8, 4) is 11.5 Å². The number of carbonyl (C=O) groups is 1. The summed E-state index contributed by atoms with van der Waals surface area (Å²) in [6.07, 6.45) is 1.34. The van der Waals surface area contributed by atoms with Gasteiger partial charge in [-0.1, -0.05) is 41.9 Å². The highest BCUT2D eigenvalue weighted by molar-refractivity contribution is 6.31. The molecule has 2 aromatic carbocycles. The molecule has 1 aliphatic rings. The van der Waals surface area contributed by atoms with Crippen LogP contribution in [0.4, 0.5) is 5.69 Å². The molecule has 0 saturated carbocycles. The van der Waals surface area contributed by atoms with Crippen LogP contribution in [-0.2, 0) is 11.2 Å². The fraction of sp³-hybridized carbons (Fsp3) is 0.286. The molecule has 1 amide bonds. The zero-order chi connectivity index (χ0) is 19.0.